The van der Waals surface area contributed by atoms with Crippen LogP contribution in [0.2, 0.25) is 5.02 Å². The lowest BCUT2D eigenvalue weighted by Crippen LogP contribution is -1.83. The average Bonchev–Trinajstić information content (AvgIpc) is 2.96. The molecule has 3 nitrogen and oxygen atoms in total. The summed E-state index contributed by atoms with van der Waals surface area (Å²) in [5, 5.41) is 8.60. The van der Waals surface area contributed by atoms with Crippen molar-refractivity contribution in [2.24, 2.45) is 0 Å². The second-order valence-electron chi connectivity index (χ2n) is 4.23. The maximum Gasteiger partial charge on any atom is 0.247 e. The molecule has 0 saturated carbocycles. The van der Waals surface area contributed by atoms with Crippen LogP contribution in [0, 0.1) is 5.82 Å². The van der Waals surface area contributed by atoms with E-state index in [0.29, 0.717) is 27.5 Å². The second kappa shape index (κ2) is 6.28. The van der Waals surface area contributed by atoms with Gasteiger partial charge in [0.05, 0.1) is 5.75 Å². The molecule has 0 N–H and O–H groups in total. The smallest absolute Gasteiger partial charge is 0.247 e. The van der Waals surface area contributed by atoms with Gasteiger partial charge in [0.15, 0.2) is 0 Å². The number of hydrogen-bond donors (Lipinski definition) is 0. The van der Waals surface area contributed by atoms with Crippen LogP contribution in [-0.4, -0.2) is 10.2 Å². The maximum atomic E-state index is 13.5. The first-order chi connectivity index (χ1) is 10.2. The van der Waals surface area contributed by atoms with Crippen LogP contribution in [0.1, 0.15) is 5.89 Å². The van der Waals surface area contributed by atoms with E-state index in [-0.39, 0.29) is 5.82 Å². The molecule has 0 aliphatic carbocycles. The molecular weight excluding hydrogens is 311 g/mol. The highest BCUT2D eigenvalue weighted by atomic mass is 35.5. The van der Waals surface area contributed by atoms with Crippen molar-refractivity contribution >= 4 is 23.4 Å². The van der Waals surface area contributed by atoms with Gasteiger partial charge in [-0.15, -0.1) is 22.0 Å². The van der Waals surface area contributed by atoms with E-state index in [9.17, 15) is 4.39 Å². The molecule has 1 aromatic heterocycles. The minimum absolute atomic E-state index is 0.250. The van der Waals surface area contributed by atoms with Crippen LogP contribution in [0.15, 0.2) is 57.8 Å². The van der Waals surface area contributed by atoms with Crippen molar-refractivity contribution in [3.63, 3.8) is 0 Å². The van der Waals surface area contributed by atoms with E-state index in [1.54, 1.807) is 30.3 Å². The van der Waals surface area contributed by atoms with Gasteiger partial charge in [-0.05, 0) is 36.4 Å². The van der Waals surface area contributed by atoms with Crippen molar-refractivity contribution in [1.29, 1.82) is 0 Å². The van der Waals surface area contributed by atoms with E-state index < -0.39 is 0 Å². The summed E-state index contributed by atoms with van der Waals surface area (Å²) >= 11 is 7.15. The molecule has 0 bridgehead atoms. The van der Waals surface area contributed by atoms with Crippen molar-refractivity contribution in [3.05, 3.63) is 65.3 Å². The summed E-state index contributed by atoms with van der Waals surface area (Å²) in [5.41, 5.74) is 0.800. The second-order valence-corrected chi connectivity index (χ2v) is 5.68. The van der Waals surface area contributed by atoms with Crippen molar-refractivity contribution < 1.29 is 8.81 Å². The number of aromatic nitrogens is 2. The molecule has 0 spiro atoms. The predicted octanol–water partition coefficient (Wildman–Crippen LogP) is 4.82. The van der Waals surface area contributed by atoms with Crippen molar-refractivity contribution in [3.8, 4) is 11.5 Å². The molecule has 0 aliphatic heterocycles. The van der Waals surface area contributed by atoms with E-state index in [0.717, 1.165) is 5.56 Å². The Morgan fingerprint density at radius 3 is 2.57 bits per heavy atom. The van der Waals surface area contributed by atoms with Crippen LogP contribution < -0.4 is 0 Å². The average molecular weight is 321 g/mol. The molecule has 0 atom stereocenters. The first-order valence-electron chi connectivity index (χ1n) is 6.18. The van der Waals surface area contributed by atoms with Gasteiger partial charge in [0.1, 0.15) is 5.82 Å². The number of rotatable bonds is 4. The lowest BCUT2D eigenvalue weighted by Gasteiger charge is -1.99. The fourth-order valence-electron chi connectivity index (χ4n) is 1.72. The molecule has 1 heterocycles. The van der Waals surface area contributed by atoms with Crippen LogP contribution in [-0.2, 0) is 5.75 Å². The largest absolute Gasteiger partial charge is 0.420 e. The van der Waals surface area contributed by atoms with E-state index in [4.69, 9.17) is 16.0 Å². The minimum Gasteiger partial charge on any atom is -0.420 e. The van der Waals surface area contributed by atoms with Crippen molar-refractivity contribution in [2.75, 3.05) is 0 Å². The highest BCUT2D eigenvalue weighted by Gasteiger charge is 2.10. The van der Waals surface area contributed by atoms with E-state index in [2.05, 4.69) is 10.2 Å². The Bertz CT molecular complexity index is 745. The maximum absolute atomic E-state index is 13.5. The molecule has 3 aromatic rings. The number of hydrogen-bond acceptors (Lipinski definition) is 4. The van der Waals surface area contributed by atoms with Gasteiger partial charge in [-0.2, -0.15) is 0 Å². The fourth-order valence-corrected chi connectivity index (χ4v) is 2.62. The molecule has 6 heteroatoms. The predicted molar refractivity (Wildman–Crippen MR) is 80.7 cm³/mol. The topological polar surface area (TPSA) is 38.9 Å². The number of nitrogens with zero attached hydrogens (tertiary/aromatic N) is 2. The van der Waals surface area contributed by atoms with Gasteiger partial charge in [0, 0.05) is 15.5 Å². The van der Waals surface area contributed by atoms with Gasteiger partial charge in [0.2, 0.25) is 11.8 Å². The third-order valence-corrected chi connectivity index (χ3v) is 4.03. The Hall–Kier alpha value is -1.85. The summed E-state index contributed by atoms with van der Waals surface area (Å²) in [5.74, 6) is 1.05. The van der Waals surface area contributed by atoms with Gasteiger partial charge < -0.3 is 4.42 Å². The number of halogens is 2. The Labute approximate surface area is 130 Å². The molecule has 0 unspecified atom stereocenters. The summed E-state index contributed by atoms with van der Waals surface area (Å²) in [6.45, 7) is 0. The van der Waals surface area contributed by atoms with Gasteiger partial charge in [-0.1, -0.05) is 23.7 Å². The first-order valence-corrected chi connectivity index (χ1v) is 7.54. The molecule has 106 valence electrons. The molecular formula is C15H10ClFN2OS. The zero-order chi connectivity index (χ0) is 14.7. The van der Waals surface area contributed by atoms with Crippen LogP contribution in [0.3, 0.4) is 0 Å². The lowest BCUT2D eigenvalue weighted by atomic mass is 10.2. The third-order valence-electron chi connectivity index (χ3n) is 2.75. The summed E-state index contributed by atoms with van der Waals surface area (Å²) in [6, 6.07) is 13.7. The van der Waals surface area contributed by atoms with Crippen molar-refractivity contribution in [2.45, 2.75) is 10.6 Å². The summed E-state index contributed by atoms with van der Waals surface area (Å²) in [7, 11) is 0. The molecule has 0 radical (unpaired) electrons. The SMILES string of the molecule is Fc1ccccc1SCc1nnc(-c2ccc(Cl)cc2)o1. The Morgan fingerprint density at radius 2 is 1.81 bits per heavy atom. The Kier molecular flexibility index (Phi) is 4.22. The fraction of sp³-hybridized carbons (Fsp3) is 0.0667. The normalized spacial score (nSPS) is 10.8. The van der Waals surface area contributed by atoms with E-state index in [1.165, 1.54) is 17.8 Å². The molecule has 0 fully saturated rings. The van der Waals surface area contributed by atoms with Gasteiger partial charge >= 0.3 is 0 Å². The Morgan fingerprint density at radius 1 is 1.05 bits per heavy atom. The van der Waals surface area contributed by atoms with E-state index >= 15 is 0 Å². The molecule has 0 saturated heterocycles. The lowest BCUT2D eigenvalue weighted by molar-refractivity contribution is 0.528. The molecule has 2 aromatic carbocycles. The van der Waals surface area contributed by atoms with Gasteiger partial charge in [-0.25, -0.2) is 4.39 Å². The monoisotopic (exact) mass is 320 g/mol. The van der Waals surface area contributed by atoms with Gasteiger partial charge in [-0.3, -0.25) is 0 Å². The zero-order valence-electron chi connectivity index (χ0n) is 10.8. The molecule has 0 aliphatic rings. The quantitative estimate of drug-likeness (QED) is 0.646. The van der Waals surface area contributed by atoms with Crippen LogP contribution >= 0.6 is 23.4 Å². The molecule has 0 amide bonds. The summed E-state index contributed by atoms with van der Waals surface area (Å²) in [6.07, 6.45) is 0. The minimum atomic E-state index is -0.250. The summed E-state index contributed by atoms with van der Waals surface area (Å²) in [4.78, 5) is 0.559. The third kappa shape index (κ3) is 3.43. The highest BCUT2D eigenvalue weighted by molar-refractivity contribution is 7.98. The Balaban J connectivity index is 1.71. The highest BCUT2D eigenvalue weighted by Crippen LogP contribution is 2.26. The zero-order valence-corrected chi connectivity index (χ0v) is 12.4. The van der Waals surface area contributed by atoms with Crippen molar-refractivity contribution in [1.82, 2.24) is 10.2 Å². The van der Waals surface area contributed by atoms with Gasteiger partial charge in [0.25, 0.3) is 0 Å². The van der Waals surface area contributed by atoms with Crippen LogP contribution in [0.25, 0.3) is 11.5 Å². The molecule has 21 heavy (non-hydrogen) atoms. The van der Waals surface area contributed by atoms with Crippen LogP contribution in [0.4, 0.5) is 4.39 Å². The first kappa shape index (κ1) is 14.1. The number of benzene rings is 2. The molecule has 3 rings (SSSR count). The summed E-state index contributed by atoms with van der Waals surface area (Å²) < 4.78 is 19.1. The van der Waals surface area contributed by atoms with Crippen LogP contribution in [0.5, 0.6) is 0 Å². The number of thioether (sulfide) groups is 1. The standard InChI is InChI=1S/C15H10ClFN2OS/c16-11-7-5-10(6-8-11)15-19-18-14(20-15)9-21-13-4-2-1-3-12(13)17/h1-8H,9H2. The van der Waals surface area contributed by atoms with E-state index in [1.807, 2.05) is 12.1 Å².